The Morgan fingerprint density at radius 2 is 2.38 bits per heavy atom. The summed E-state index contributed by atoms with van der Waals surface area (Å²) in [7, 11) is 2.03. The van der Waals surface area contributed by atoms with Gasteiger partial charge in [-0.2, -0.15) is 5.10 Å². The van der Waals surface area contributed by atoms with Crippen molar-refractivity contribution in [2.75, 3.05) is 31.6 Å². The van der Waals surface area contributed by atoms with Gasteiger partial charge >= 0.3 is 0 Å². The molecule has 1 aromatic rings. The first-order valence-corrected chi connectivity index (χ1v) is 6.14. The monoisotopic (exact) mass is 222 g/mol. The van der Waals surface area contributed by atoms with E-state index in [2.05, 4.69) is 35.4 Å². The van der Waals surface area contributed by atoms with Crippen molar-refractivity contribution in [3.63, 3.8) is 0 Å². The fraction of sp³-hybridized carbons (Fsp3) is 0.750. The van der Waals surface area contributed by atoms with Crippen molar-refractivity contribution in [2.45, 2.75) is 26.3 Å². The summed E-state index contributed by atoms with van der Waals surface area (Å²) in [6.07, 6.45) is 5.43. The maximum absolute atomic E-state index is 4.39. The molecule has 90 valence electrons. The molecule has 1 unspecified atom stereocenters. The Labute approximate surface area is 97.6 Å². The average Bonchev–Trinajstić information content (AvgIpc) is 2.84. The van der Waals surface area contributed by atoms with E-state index in [1.165, 1.54) is 12.1 Å². The molecule has 1 aliphatic heterocycles. The molecule has 0 aromatic carbocycles. The van der Waals surface area contributed by atoms with E-state index in [1.54, 1.807) is 0 Å². The lowest BCUT2D eigenvalue weighted by molar-refractivity contribution is 0.532. The van der Waals surface area contributed by atoms with Gasteiger partial charge in [0.2, 0.25) is 0 Å². The molecular weight excluding hydrogens is 200 g/mol. The quantitative estimate of drug-likeness (QED) is 0.838. The van der Waals surface area contributed by atoms with E-state index in [9.17, 15) is 0 Å². The van der Waals surface area contributed by atoms with Crippen molar-refractivity contribution in [1.29, 1.82) is 0 Å². The van der Waals surface area contributed by atoms with E-state index in [-0.39, 0.29) is 0 Å². The third kappa shape index (κ3) is 2.38. The molecule has 16 heavy (non-hydrogen) atoms. The van der Waals surface area contributed by atoms with Gasteiger partial charge in [0.1, 0.15) is 0 Å². The SMILES string of the molecule is CNCC1CCN(c2cnn(C(C)C)c2)C1. The van der Waals surface area contributed by atoms with Crippen molar-refractivity contribution in [3.8, 4) is 0 Å². The lowest BCUT2D eigenvalue weighted by Gasteiger charge is -2.16. The van der Waals surface area contributed by atoms with Crippen LogP contribution in [0.5, 0.6) is 0 Å². The highest BCUT2D eigenvalue weighted by atomic mass is 15.3. The minimum absolute atomic E-state index is 0.449. The summed E-state index contributed by atoms with van der Waals surface area (Å²) >= 11 is 0. The van der Waals surface area contributed by atoms with E-state index in [0.29, 0.717) is 6.04 Å². The second kappa shape index (κ2) is 4.87. The fourth-order valence-corrected chi connectivity index (χ4v) is 2.30. The van der Waals surface area contributed by atoms with Crippen molar-refractivity contribution in [3.05, 3.63) is 12.4 Å². The molecule has 1 fully saturated rings. The van der Waals surface area contributed by atoms with E-state index in [1.807, 2.05) is 17.9 Å². The second-order valence-electron chi connectivity index (χ2n) is 4.93. The van der Waals surface area contributed by atoms with Crippen LogP contribution >= 0.6 is 0 Å². The average molecular weight is 222 g/mol. The zero-order valence-corrected chi connectivity index (χ0v) is 10.5. The first-order valence-electron chi connectivity index (χ1n) is 6.14. The molecular formula is C12H22N4. The van der Waals surface area contributed by atoms with E-state index >= 15 is 0 Å². The summed E-state index contributed by atoms with van der Waals surface area (Å²) in [4.78, 5) is 2.44. The Bertz CT molecular complexity index is 332. The molecule has 0 bridgehead atoms. The van der Waals surface area contributed by atoms with Crippen LogP contribution in [0.1, 0.15) is 26.3 Å². The van der Waals surface area contributed by atoms with Gasteiger partial charge in [0.15, 0.2) is 0 Å². The zero-order chi connectivity index (χ0) is 11.5. The highest BCUT2D eigenvalue weighted by Crippen LogP contribution is 2.23. The minimum Gasteiger partial charge on any atom is -0.369 e. The molecule has 0 aliphatic carbocycles. The van der Waals surface area contributed by atoms with E-state index < -0.39 is 0 Å². The van der Waals surface area contributed by atoms with Crippen LogP contribution in [0.15, 0.2) is 12.4 Å². The summed E-state index contributed by atoms with van der Waals surface area (Å²) in [5.74, 6) is 0.785. The summed E-state index contributed by atoms with van der Waals surface area (Å²) in [6.45, 7) is 7.75. The molecule has 1 saturated heterocycles. The molecule has 1 aliphatic rings. The Morgan fingerprint density at radius 3 is 3.00 bits per heavy atom. The molecule has 4 heteroatoms. The number of aromatic nitrogens is 2. The number of anilines is 1. The lowest BCUT2D eigenvalue weighted by atomic mass is 10.1. The van der Waals surface area contributed by atoms with Gasteiger partial charge in [-0.25, -0.2) is 0 Å². The zero-order valence-electron chi connectivity index (χ0n) is 10.5. The number of hydrogen-bond acceptors (Lipinski definition) is 3. The van der Waals surface area contributed by atoms with Gasteiger partial charge in [0.25, 0.3) is 0 Å². The Kier molecular flexibility index (Phi) is 3.49. The van der Waals surface area contributed by atoms with Gasteiger partial charge in [0, 0.05) is 25.3 Å². The predicted molar refractivity (Wildman–Crippen MR) is 66.9 cm³/mol. The summed E-state index contributed by atoms with van der Waals surface area (Å²) in [5, 5.41) is 7.65. The molecule has 2 heterocycles. The van der Waals surface area contributed by atoms with Gasteiger partial charge in [0.05, 0.1) is 11.9 Å². The molecule has 1 atom stereocenters. The predicted octanol–water partition coefficient (Wildman–Crippen LogP) is 1.51. The van der Waals surface area contributed by atoms with Crippen LogP contribution in [-0.2, 0) is 0 Å². The first kappa shape index (κ1) is 11.5. The van der Waals surface area contributed by atoms with Crippen molar-refractivity contribution < 1.29 is 0 Å². The Hall–Kier alpha value is -1.03. The summed E-state index contributed by atoms with van der Waals surface area (Å²) in [6, 6.07) is 0.449. The normalized spacial score (nSPS) is 21.0. The molecule has 0 saturated carbocycles. The maximum Gasteiger partial charge on any atom is 0.0752 e. The van der Waals surface area contributed by atoms with Crippen molar-refractivity contribution >= 4 is 5.69 Å². The van der Waals surface area contributed by atoms with Gasteiger partial charge in [-0.3, -0.25) is 4.68 Å². The molecule has 1 aromatic heterocycles. The van der Waals surface area contributed by atoms with Crippen molar-refractivity contribution in [2.24, 2.45) is 5.92 Å². The molecule has 0 spiro atoms. The van der Waals surface area contributed by atoms with E-state index in [0.717, 1.165) is 25.6 Å². The van der Waals surface area contributed by atoms with Gasteiger partial charge in [-0.15, -0.1) is 0 Å². The third-order valence-corrected chi connectivity index (χ3v) is 3.26. The number of nitrogens with zero attached hydrogens (tertiary/aromatic N) is 3. The van der Waals surface area contributed by atoms with E-state index in [4.69, 9.17) is 0 Å². The molecule has 0 radical (unpaired) electrons. The maximum atomic E-state index is 4.39. The van der Waals surface area contributed by atoms with Crippen molar-refractivity contribution in [1.82, 2.24) is 15.1 Å². The molecule has 4 nitrogen and oxygen atoms in total. The number of hydrogen-bond donors (Lipinski definition) is 1. The van der Waals surface area contributed by atoms with Crippen LogP contribution < -0.4 is 10.2 Å². The minimum atomic E-state index is 0.449. The first-order chi connectivity index (χ1) is 7.70. The highest BCUT2D eigenvalue weighted by molar-refractivity contribution is 5.43. The van der Waals surface area contributed by atoms with Crippen LogP contribution in [0.25, 0.3) is 0 Å². The van der Waals surface area contributed by atoms with Crippen LogP contribution in [0.4, 0.5) is 5.69 Å². The van der Waals surface area contributed by atoms with Crippen LogP contribution in [0.2, 0.25) is 0 Å². The smallest absolute Gasteiger partial charge is 0.0752 e. The largest absolute Gasteiger partial charge is 0.369 e. The number of nitrogens with one attached hydrogen (secondary N) is 1. The van der Waals surface area contributed by atoms with Crippen LogP contribution in [-0.4, -0.2) is 36.5 Å². The second-order valence-corrected chi connectivity index (χ2v) is 4.93. The number of rotatable bonds is 4. The molecule has 1 N–H and O–H groups in total. The van der Waals surface area contributed by atoms with Gasteiger partial charge in [-0.05, 0) is 39.8 Å². The third-order valence-electron chi connectivity index (χ3n) is 3.26. The fourth-order valence-electron chi connectivity index (χ4n) is 2.30. The standard InChI is InChI=1S/C12H22N4/c1-10(2)16-9-12(7-14-16)15-5-4-11(8-15)6-13-3/h7,9-11,13H,4-6,8H2,1-3H3. The summed E-state index contributed by atoms with van der Waals surface area (Å²) < 4.78 is 2.03. The summed E-state index contributed by atoms with van der Waals surface area (Å²) in [5.41, 5.74) is 1.27. The van der Waals surface area contributed by atoms with Gasteiger partial charge < -0.3 is 10.2 Å². The lowest BCUT2D eigenvalue weighted by Crippen LogP contribution is -2.24. The Balaban J connectivity index is 1.97. The molecule has 2 rings (SSSR count). The van der Waals surface area contributed by atoms with Crippen LogP contribution in [0, 0.1) is 5.92 Å². The molecule has 0 amide bonds. The van der Waals surface area contributed by atoms with Gasteiger partial charge in [-0.1, -0.05) is 0 Å². The topological polar surface area (TPSA) is 33.1 Å². The van der Waals surface area contributed by atoms with Crippen LogP contribution in [0.3, 0.4) is 0 Å². The highest BCUT2D eigenvalue weighted by Gasteiger charge is 2.22. The Morgan fingerprint density at radius 1 is 1.56 bits per heavy atom.